The van der Waals surface area contributed by atoms with E-state index in [0.29, 0.717) is 6.04 Å². The molecule has 0 bridgehead atoms. The molecule has 0 N–H and O–H groups in total. The highest BCUT2D eigenvalue weighted by Crippen LogP contribution is 2.13. The summed E-state index contributed by atoms with van der Waals surface area (Å²) in [7, 11) is -1.69. The zero-order valence-corrected chi connectivity index (χ0v) is 7.53. The molecule has 0 atom stereocenters. The summed E-state index contributed by atoms with van der Waals surface area (Å²) in [5, 5.41) is 0. The zero-order valence-electron chi connectivity index (χ0n) is 5.78. The zero-order chi connectivity index (χ0) is 7.49. The minimum atomic E-state index is -1.69. The molecule has 0 aromatic rings. The fourth-order valence-corrected chi connectivity index (χ4v) is 1.85. The highest BCUT2D eigenvalue weighted by atomic mass is 35.6. The van der Waals surface area contributed by atoms with Crippen molar-refractivity contribution in [2.45, 2.75) is 19.1 Å². The van der Waals surface area contributed by atoms with Crippen LogP contribution in [0, 0.1) is 0 Å². The largest absolute Gasteiger partial charge is 0.295 e. The highest BCUT2D eigenvalue weighted by molar-refractivity contribution is 7.20. The summed E-state index contributed by atoms with van der Waals surface area (Å²) in [5.74, 6) is 0.0571. The van der Waals surface area contributed by atoms with Crippen LogP contribution in [-0.2, 0) is 4.79 Å². The molecule has 0 aliphatic heterocycles. The predicted octanol–water partition coefficient (Wildman–Crippen LogP) is 2.19. The minimum absolute atomic E-state index is 0.0571. The number of hydrogen-bond acceptors (Lipinski definition) is 1. The number of ketones is 1. The van der Waals surface area contributed by atoms with Gasteiger partial charge in [-0.3, -0.25) is 4.79 Å². The van der Waals surface area contributed by atoms with Gasteiger partial charge in [-0.05, 0) is 6.08 Å². The number of rotatable bonds is 3. The van der Waals surface area contributed by atoms with Gasteiger partial charge in [-0.2, -0.15) is 11.1 Å². The van der Waals surface area contributed by atoms with Crippen molar-refractivity contribution < 1.29 is 4.79 Å². The Morgan fingerprint density at radius 2 is 2.22 bits per heavy atom. The van der Waals surface area contributed by atoms with Crippen molar-refractivity contribution in [1.29, 1.82) is 0 Å². The first-order valence-electron chi connectivity index (χ1n) is 2.80. The lowest BCUT2D eigenvalue weighted by Crippen LogP contribution is -2.19. The van der Waals surface area contributed by atoms with Gasteiger partial charge in [0.25, 0.3) is 0 Å². The van der Waals surface area contributed by atoms with E-state index in [1.807, 2.05) is 13.1 Å². The topological polar surface area (TPSA) is 17.1 Å². The second kappa shape index (κ2) is 3.18. The number of carbonyl (C=O) groups excluding carboxylic acids is 1. The SMILES string of the molecule is C=CC(=O)C[Si](C)(C)Cl. The normalized spacial score (nSPS) is 11.0. The van der Waals surface area contributed by atoms with Crippen molar-refractivity contribution in [3.63, 3.8) is 0 Å². The first-order valence-corrected chi connectivity index (χ1v) is 7.02. The Morgan fingerprint density at radius 3 is 2.33 bits per heavy atom. The summed E-state index contributed by atoms with van der Waals surface area (Å²) in [6.45, 7) is 7.24. The number of allylic oxidation sites excluding steroid dienone is 1. The monoisotopic (exact) mass is 162 g/mol. The van der Waals surface area contributed by atoms with Gasteiger partial charge in [-0.15, -0.1) is 0 Å². The average molecular weight is 163 g/mol. The third kappa shape index (κ3) is 5.79. The maximum absolute atomic E-state index is 10.7. The minimum Gasteiger partial charge on any atom is -0.295 e. The van der Waals surface area contributed by atoms with Gasteiger partial charge < -0.3 is 0 Å². The Hall–Kier alpha value is -0.0831. The van der Waals surface area contributed by atoms with E-state index in [-0.39, 0.29) is 5.78 Å². The maximum atomic E-state index is 10.7. The number of hydrogen-bond donors (Lipinski definition) is 0. The van der Waals surface area contributed by atoms with Crippen LogP contribution >= 0.6 is 11.1 Å². The summed E-state index contributed by atoms with van der Waals surface area (Å²) in [5.41, 5.74) is 0. The van der Waals surface area contributed by atoms with Crippen LogP contribution in [0.25, 0.3) is 0 Å². The Morgan fingerprint density at radius 1 is 1.78 bits per heavy atom. The van der Waals surface area contributed by atoms with Gasteiger partial charge in [-0.25, -0.2) is 0 Å². The molecular weight excluding hydrogens is 152 g/mol. The van der Waals surface area contributed by atoms with Crippen molar-refractivity contribution in [3.05, 3.63) is 12.7 Å². The first-order chi connectivity index (χ1) is 3.95. The molecule has 0 aliphatic rings. The summed E-state index contributed by atoms with van der Waals surface area (Å²) in [4.78, 5) is 10.7. The van der Waals surface area contributed by atoms with Crippen LogP contribution in [0.2, 0.25) is 19.1 Å². The van der Waals surface area contributed by atoms with E-state index in [1.165, 1.54) is 6.08 Å². The van der Waals surface area contributed by atoms with Gasteiger partial charge in [0.2, 0.25) is 0 Å². The third-order valence-electron chi connectivity index (χ3n) is 0.822. The molecule has 1 nitrogen and oxygen atoms in total. The summed E-state index contributed by atoms with van der Waals surface area (Å²) in [6.07, 6.45) is 1.33. The van der Waals surface area contributed by atoms with Crippen LogP contribution in [0.15, 0.2) is 12.7 Å². The van der Waals surface area contributed by atoms with E-state index < -0.39 is 7.38 Å². The molecule has 0 unspecified atom stereocenters. The summed E-state index contributed by atoms with van der Waals surface area (Å²) in [6, 6.07) is 0.498. The van der Waals surface area contributed by atoms with E-state index in [2.05, 4.69) is 6.58 Å². The van der Waals surface area contributed by atoms with Gasteiger partial charge >= 0.3 is 0 Å². The van der Waals surface area contributed by atoms with Crippen molar-refractivity contribution in [3.8, 4) is 0 Å². The predicted molar refractivity (Wildman–Crippen MR) is 43.3 cm³/mol. The van der Waals surface area contributed by atoms with Crippen LogP contribution in [-0.4, -0.2) is 13.2 Å². The maximum Gasteiger partial charge on any atom is 0.158 e. The Kier molecular flexibility index (Phi) is 3.15. The van der Waals surface area contributed by atoms with Crippen molar-refractivity contribution >= 4 is 24.2 Å². The molecule has 52 valence electrons. The Labute approximate surface area is 61.4 Å². The van der Waals surface area contributed by atoms with Gasteiger partial charge in [0.05, 0.1) is 0 Å². The molecule has 0 spiro atoms. The smallest absolute Gasteiger partial charge is 0.158 e. The summed E-state index contributed by atoms with van der Waals surface area (Å²) >= 11 is 5.88. The van der Waals surface area contributed by atoms with Crippen LogP contribution in [0.1, 0.15) is 0 Å². The standard InChI is InChI=1S/C6H11ClOSi/c1-4-6(8)5-9(2,3)7/h4H,1,5H2,2-3H3. The van der Waals surface area contributed by atoms with Crippen LogP contribution in [0.3, 0.4) is 0 Å². The molecular formula is C6H11ClOSi. The van der Waals surface area contributed by atoms with E-state index in [9.17, 15) is 4.79 Å². The second-order valence-electron chi connectivity index (χ2n) is 2.57. The quantitative estimate of drug-likeness (QED) is 0.353. The molecule has 0 amide bonds. The van der Waals surface area contributed by atoms with E-state index in [1.54, 1.807) is 0 Å². The van der Waals surface area contributed by atoms with Gasteiger partial charge in [0, 0.05) is 6.04 Å². The second-order valence-corrected chi connectivity index (χ2v) is 9.43. The number of halogens is 1. The molecule has 0 saturated heterocycles. The van der Waals surface area contributed by atoms with Crippen molar-refractivity contribution in [2.24, 2.45) is 0 Å². The molecule has 3 heteroatoms. The molecule has 9 heavy (non-hydrogen) atoms. The van der Waals surface area contributed by atoms with Crippen LogP contribution in [0.4, 0.5) is 0 Å². The molecule has 0 radical (unpaired) electrons. The molecule has 0 rings (SSSR count). The highest BCUT2D eigenvalue weighted by Gasteiger charge is 2.19. The fraction of sp³-hybridized carbons (Fsp3) is 0.500. The first kappa shape index (κ1) is 8.92. The van der Waals surface area contributed by atoms with Crippen LogP contribution in [0.5, 0.6) is 0 Å². The van der Waals surface area contributed by atoms with Gasteiger partial charge in [-0.1, -0.05) is 19.7 Å². The van der Waals surface area contributed by atoms with E-state index >= 15 is 0 Å². The van der Waals surface area contributed by atoms with E-state index in [0.717, 1.165) is 0 Å². The average Bonchev–Trinajstić information content (AvgIpc) is 1.62. The Bertz CT molecular complexity index is 126. The van der Waals surface area contributed by atoms with Crippen LogP contribution < -0.4 is 0 Å². The van der Waals surface area contributed by atoms with Gasteiger partial charge in [0.1, 0.15) is 0 Å². The van der Waals surface area contributed by atoms with Crippen molar-refractivity contribution in [2.75, 3.05) is 0 Å². The number of carbonyl (C=O) groups is 1. The third-order valence-corrected chi connectivity index (χ3v) is 2.41. The van der Waals surface area contributed by atoms with Gasteiger partial charge in [0.15, 0.2) is 13.2 Å². The summed E-state index contributed by atoms with van der Waals surface area (Å²) < 4.78 is 0. The van der Waals surface area contributed by atoms with E-state index in [4.69, 9.17) is 11.1 Å². The Balaban J connectivity index is 3.74. The molecule has 0 aromatic heterocycles. The lowest BCUT2D eigenvalue weighted by Gasteiger charge is -2.08. The lowest BCUT2D eigenvalue weighted by atomic mass is 10.4. The molecule has 0 saturated carbocycles. The van der Waals surface area contributed by atoms with Crippen molar-refractivity contribution in [1.82, 2.24) is 0 Å². The molecule has 0 fully saturated rings. The molecule has 0 aromatic carbocycles. The fourth-order valence-electron chi connectivity index (χ4n) is 0.486. The molecule has 0 heterocycles. The molecule has 0 aliphatic carbocycles. The lowest BCUT2D eigenvalue weighted by molar-refractivity contribution is -0.112.